The van der Waals surface area contributed by atoms with Crippen LogP contribution in [0, 0.1) is 5.41 Å². The van der Waals surface area contributed by atoms with Crippen LogP contribution < -0.4 is 11.1 Å². The van der Waals surface area contributed by atoms with E-state index in [1.807, 2.05) is 42.5 Å². The van der Waals surface area contributed by atoms with Gasteiger partial charge >= 0.3 is 5.97 Å². The van der Waals surface area contributed by atoms with E-state index in [9.17, 15) is 9.90 Å². The van der Waals surface area contributed by atoms with E-state index in [0.717, 1.165) is 52.2 Å². The summed E-state index contributed by atoms with van der Waals surface area (Å²) in [5.74, 6) is -0.823. The molecular formula is C24H26N2O2S. The molecule has 1 aliphatic carbocycles. The van der Waals surface area contributed by atoms with Crippen molar-refractivity contribution in [3.63, 3.8) is 0 Å². The lowest BCUT2D eigenvalue weighted by molar-refractivity contribution is 0.0696. The Morgan fingerprint density at radius 2 is 1.90 bits per heavy atom. The van der Waals surface area contributed by atoms with E-state index in [1.54, 1.807) is 11.3 Å². The molecule has 5 heteroatoms. The average molecular weight is 407 g/mol. The van der Waals surface area contributed by atoms with Crippen molar-refractivity contribution in [2.45, 2.75) is 39.7 Å². The minimum atomic E-state index is -0.823. The van der Waals surface area contributed by atoms with Gasteiger partial charge in [-0.1, -0.05) is 38.1 Å². The SMILES string of the molecule is CC1(C)CCc2sc(-c3ccccc3CNc3ccc(N)cc3)c(C(=O)O)c2C1. The summed E-state index contributed by atoms with van der Waals surface area (Å²) < 4.78 is 0. The van der Waals surface area contributed by atoms with Gasteiger partial charge in [0.05, 0.1) is 5.56 Å². The summed E-state index contributed by atoms with van der Waals surface area (Å²) in [6.07, 6.45) is 2.88. The molecule has 29 heavy (non-hydrogen) atoms. The number of fused-ring (bicyclic) bond motifs is 1. The molecule has 4 nitrogen and oxygen atoms in total. The smallest absolute Gasteiger partial charge is 0.337 e. The Labute approximate surface area is 175 Å². The van der Waals surface area contributed by atoms with Crippen molar-refractivity contribution in [1.82, 2.24) is 0 Å². The molecule has 0 fully saturated rings. The van der Waals surface area contributed by atoms with E-state index in [4.69, 9.17) is 5.73 Å². The highest BCUT2D eigenvalue weighted by molar-refractivity contribution is 7.16. The van der Waals surface area contributed by atoms with E-state index < -0.39 is 5.97 Å². The maximum atomic E-state index is 12.2. The average Bonchev–Trinajstić information content (AvgIpc) is 3.05. The molecule has 0 aliphatic heterocycles. The van der Waals surface area contributed by atoms with Gasteiger partial charge in [-0.3, -0.25) is 0 Å². The van der Waals surface area contributed by atoms with Crippen LogP contribution in [-0.4, -0.2) is 11.1 Å². The van der Waals surface area contributed by atoms with Crippen molar-refractivity contribution < 1.29 is 9.90 Å². The summed E-state index contributed by atoms with van der Waals surface area (Å²) in [7, 11) is 0. The lowest BCUT2D eigenvalue weighted by Gasteiger charge is -2.29. The molecule has 0 bridgehead atoms. The maximum Gasteiger partial charge on any atom is 0.337 e. The minimum absolute atomic E-state index is 0.145. The largest absolute Gasteiger partial charge is 0.478 e. The predicted molar refractivity (Wildman–Crippen MR) is 121 cm³/mol. The first-order valence-corrected chi connectivity index (χ1v) is 10.7. The molecule has 2 aromatic carbocycles. The first kappa shape index (κ1) is 19.5. The number of hydrogen-bond acceptors (Lipinski definition) is 4. The van der Waals surface area contributed by atoms with Crippen LogP contribution in [0.5, 0.6) is 0 Å². The normalized spacial score (nSPS) is 15.0. The van der Waals surface area contributed by atoms with Crippen LogP contribution in [0.4, 0.5) is 11.4 Å². The van der Waals surface area contributed by atoms with Gasteiger partial charge < -0.3 is 16.2 Å². The van der Waals surface area contributed by atoms with E-state index >= 15 is 0 Å². The number of aromatic carboxylic acids is 1. The summed E-state index contributed by atoms with van der Waals surface area (Å²) in [6.45, 7) is 5.07. The van der Waals surface area contributed by atoms with Crippen molar-refractivity contribution in [2.24, 2.45) is 5.41 Å². The van der Waals surface area contributed by atoms with Gasteiger partial charge in [0, 0.05) is 27.7 Å². The number of carboxylic acid groups (broad SMARTS) is 1. The summed E-state index contributed by atoms with van der Waals surface area (Å²) >= 11 is 1.66. The summed E-state index contributed by atoms with van der Waals surface area (Å²) in [6, 6.07) is 15.7. The number of nitrogens with two attached hydrogens (primary N) is 1. The molecule has 0 amide bonds. The van der Waals surface area contributed by atoms with Crippen LogP contribution in [-0.2, 0) is 19.4 Å². The molecule has 1 heterocycles. The quantitative estimate of drug-likeness (QED) is 0.467. The Balaban J connectivity index is 1.71. The maximum absolute atomic E-state index is 12.2. The molecule has 0 atom stereocenters. The van der Waals surface area contributed by atoms with E-state index in [1.165, 1.54) is 4.88 Å². The highest BCUT2D eigenvalue weighted by Crippen LogP contribution is 2.45. The van der Waals surface area contributed by atoms with Gasteiger partial charge in [0.2, 0.25) is 0 Å². The fourth-order valence-corrected chi connectivity index (χ4v) is 5.40. The van der Waals surface area contributed by atoms with Gasteiger partial charge in [0.15, 0.2) is 0 Å². The number of hydrogen-bond donors (Lipinski definition) is 3. The number of nitrogens with one attached hydrogen (secondary N) is 1. The minimum Gasteiger partial charge on any atom is -0.478 e. The lowest BCUT2D eigenvalue weighted by Crippen LogP contribution is -2.22. The highest BCUT2D eigenvalue weighted by atomic mass is 32.1. The number of carboxylic acids is 1. The molecule has 1 aromatic heterocycles. The second kappa shape index (κ2) is 7.56. The lowest BCUT2D eigenvalue weighted by atomic mass is 9.76. The zero-order chi connectivity index (χ0) is 20.6. The van der Waals surface area contributed by atoms with Gasteiger partial charge in [-0.15, -0.1) is 11.3 Å². The number of aryl methyl sites for hydroxylation is 1. The van der Waals surface area contributed by atoms with Crippen molar-refractivity contribution in [1.29, 1.82) is 0 Å². The van der Waals surface area contributed by atoms with Gasteiger partial charge in [-0.05, 0) is 65.6 Å². The number of anilines is 2. The van der Waals surface area contributed by atoms with Crippen molar-refractivity contribution in [2.75, 3.05) is 11.1 Å². The standard InChI is InChI=1S/C24H26N2O2S/c1-24(2)12-11-20-19(13-24)21(23(27)28)22(29-20)18-6-4-3-5-15(18)14-26-17-9-7-16(25)8-10-17/h3-10,26H,11-14,25H2,1-2H3,(H,27,28). The number of carbonyl (C=O) groups is 1. The molecule has 0 radical (unpaired) electrons. The first-order valence-electron chi connectivity index (χ1n) is 9.89. The highest BCUT2D eigenvalue weighted by Gasteiger charge is 2.33. The Morgan fingerprint density at radius 1 is 1.17 bits per heavy atom. The Kier molecular flexibility index (Phi) is 5.09. The van der Waals surface area contributed by atoms with Gasteiger partial charge in [0.1, 0.15) is 0 Å². The monoisotopic (exact) mass is 406 g/mol. The fourth-order valence-electron chi connectivity index (χ4n) is 4.03. The van der Waals surface area contributed by atoms with E-state index in [2.05, 4.69) is 25.2 Å². The number of nitrogen functional groups attached to an aromatic ring is 1. The van der Waals surface area contributed by atoms with Crippen LogP contribution >= 0.6 is 11.3 Å². The van der Waals surface area contributed by atoms with Crippen LogP contribution in [0.2, 0.25) is 0 Å². The molecule has 4 rings (SSSR count). The van der Waals surface area contributed by atoms with Crippen LogP contribution in [0.1, 0.15) is 46.6 Å². The topological polar surface area (TPSA) is 75.3 Å². The van der Waals surface area contributed by atoms with Crippen molar-refractivity contribution in [3.05, 3.63) is 70.1 Å². The molecule has 4 N–H and O–H groups in total. The van der Waals surface area contributed by atoms with Crippen molar-refractivity contribution in [3.8, 4) is 10.4 Å². The third kappa shape index (κ3) is 4.01. The number of benzene rings is 2. The second-order valence-corrected chi connectivity index (χ2v) is 9.59. The third-order valence-electron chi connectivity index (χ3n) is 5.64. The summed E-state index contributed by atoms with van der Waals surface area (Å²) in [5, 5.41) is 13.5. The number of thiophene rings is 1. The fraction of sp³-hybridized carbons (Fsp3) is 0.292. The molecule has 1 aliphatic rings. The van der Waals surface area contributed by atoms with E-state index in [0.29, 0.717) is 12.1 Å². The van der Waals surface area contributed by atoms with Crippen molar-refractivity contribution >= 4 is 28.7 Å². The zero-order valence-corrected chi connectivity index (χ0v) is 17.6. The Bertz CT molecular complexity index is 1050. The van der Waals surface area contributed by atoms with Crippen LogP contribution in [0.25, 0.3) is 10.4 Å². The van der Waals surface area contributed by atoms with Gasteiger partial charge in [0.25, 0.3) is 0 Å². The third-order valence-corrected chi connectivity index (χ3v) is 6.97. The summed E-state index contributed by atoms with van der Waals surface area (Å²) in [4.78, 5) is 14.4. The van der Waals surface area contributed by atoms with E-state index in [-0.39, 0.29) is 5.41 Å². The second-order valence-electron chi connectivity index (χ2n) is 8.49. The predicted octanol–water partition coefficient (Wildman–Crippen LogP) is 5.82. The molecule has 0 saturated heterocycles. The molecule has 150 valence electrons. The molecular weight excluding hydrogens is 380 g/mol. The number of rotatable bonds is 5. The van der Waals surface area contributed by atoms with Gasteiger partial charge in [-0.25, -0.2) is 4.79 Å². The Morgan fingerprint density at radius 3 is 2.62 bits per heavy atom. The molecule has 3 aromatic rings. The molecule has 0 saturated carbocycles. The zero-order valence-electron chi connectivity index (χ0n) is 16.8. The Hall–Kier alpha value is -2.79. The first-order chi connectivity index (χ1) is 13.8. The van der Waals surface area contributed by atoms with Gasteiger partial charge in [-0.2, -0.15) is 0 Å². The van der Waals surface area contributed by atoms with Crippen LogP contribution in [0.3, 0.4) is 0 Å². The molecule has 0 unspecified atom stereocenters. The van der Waals surface area contributed by atoms with Crippen LogP contribution in [0.15, 0.2) is 48.5 Å². The molecule has 0 spiro atoms. The summed E-state index contributed by atoms with van der Waals surface area (Å²) in [5.41, 5.74) is 11.3.